The van der Waals surface area contributed by atoms with E-state index < -0.39 is 0 Å². The molecule has 1 fully saturated rings. The van der Waals surface area contributed by atoms with Crippen LogP contribution < -0.4 is 0 Å². The summed E-state index contributed by atoms with van der Waals surface area (Å²) in [6, 6.07) is 0. The van der Waals surface area contributed by atoms with E-state index in [0.717, 1.165) is 18.8 Å². The molecule has 39 valence electrons. The predicted molar refractivity (Wildman–Crippen MR) is 27.8 cm³/mol. The van der Waals surface area contributed by atoms with Crippen LogP contribution in [-0.2, 0) is 4.79 Å². The molecule has 0 N–H and O–H groups in total. The number of rotatable bonds is 2. The van der Waals surface area contributed by atoms with Crippen molar-refractivity contribution in [1.29, 1.82) is 0 Å². The van der Waals surface area contributed by atoms with Gasteiger partial charge in [-0.1, -0.05) is 6.92 Å². The second kappa shape index (κ2) is 1.65. The number of hydrogen-bond acceptors (Lipinski definition) is 1. The van der Waals surface area contributed by atoms with Gasteiger partial charge in [-0.15, -0.1) is 0 Å². The fourth-order valence-electron chi connectivity index (χ4n) is 0.591. The Balaban J connectivity index is 2.24. The van der Waals surface area contributed by atoms with Crippen LogP contribution in [0.3, 0.4) is 0 Å². The Kier molecular flexibility index (Phi) is 1.13. The molecule has 1 aliphatic carbocycles. The van der Waals surface area contributed by atoms with Crippen LogP contribution in [0.5, 0.6) is 0 Å². The Bertz CT molecular complexity index is 82.2. The van der Waals surface area contributed by atoms with Crippen LogP contribution in [0.1, 0.15) is 26.2 Å². The van der Waals surface area contributed by atoms with Gasteiger partial charge in [-0.05, 0) is 12.8 Å². The van der Waals surface area contributed by atoms with Gasteiger partial charge >= 0.3 is 0 Å². The molecule has 0 aromatic rings. The average molecular weight is 97.1 g/mol. The van der Waals surface area contributed by atoms with E-state index in [1.807, 2.05) is 6.92 Å². The molecule has 1 nitrogen and oxygen atoms in total. The third kappa shape index (κ3) is 1.02. The minimum atomic E-state index is 0.375. The molecule has 1 saturated carbocycles. The van der Waals surface area contributed by atoms with Gasteiger partial charge in [0.1, 0.15) is 5.78 Å². The summed E-state index contributed by atoms with van der Waals surface area (Å²) in [6.07, 6.45) is 2.86. The lowest BCUT2D eigenvalue weighted by molar-refractivity contribution is -0.116. The van der Waals surface area contributed by atoms with E-state index in [1.165, 1.54) is 0 Å². The first-order valence-corrected chi connectivity index (χ1v) is 2.72. The average Bonchev–Trinajstić information content (AvgIpc) is 2.44. The van der Waals surface area contributed by atoms with Crippen molar-refractivity contribution in [2.24, 2.45) is 0 Å². The fourth-order valence-corrected chi connectivity index (χ4v) is 0.591. The van der Waals surface area contributed by atoms with E-state index >= 15 is 0 Å². The topological polar surface area (TPSA) is 17.1 Å². The van der Waals surface area contributed by atoms with Crippen molar-refractivity contribution in [2.45, 2.75) is 26.2 Å². The predicted octanol–water partition coefficient (Wildman–Crippen LogP) is 1.33. The van der Waals surface area contributed by atoms with Gasteiger partial charge in [-0.2, -0.15) is 0 Å². The Morgan fingerprint density at radius 1 is 1.71 bits per heavy atom. The van der Waals surface area contributed by atoms with Crippen LogP contribution in [-0.4, -0.2) is 5.78 Å². The van der Waals surface area contributed by atoms with E-state index in [2.05, 4.69) is 0 Å². The SMILES string of the molecule is CCC(=O)[C]1CC1. The maximum atomic E-state index is 10.5. The van der Waals surface area contributed by atoms with E-state index in [0.29, 0.717) is 12.2 Å². The van der Waals surface area contributed by atoms with Crippen LogP contribution in [0, 0.1) is 5.92 Å². The molecular formula is C6H9O. The van der Waals surface area contributed by atoms with Crippen LogP contribution in [0.4, 0.5) is 0 Å². The zero-order valence-electron chi connectivity index (χ0n) is 4.53. The molecule has 0 saturated heterocycles. The van der Waals surface area contributed by atoms with Crippen LogP contribution in [0.15, 0.2) is 0 Å². The van der Waals surface area contributed by atoms with E-state index in [9.17, 15) is 4.79 Å². The summed E-state index contributed by atoms with van der Waals surface area (Å²) in [5.41, 5.74) is 0. The standard InChI is InChI=1S/C6H9O/c1-2-6(7)5-3-4-5/h2-4H2,1H3. The van der Waals surface area contributed by atoms with Crippen molar-refractivity contribution in [3.8, 4) is 0 Å². The summed E-state index contributed by atoms with van der Waals surface area (Å²) in [6.45, 7) is 1.91. The molecule has 0 aliphatic heterocycles. The Morgan fingerprint density at radius 3 is 2.43 bits per heavy atom. The monoisotopic (exact) mass is 97.1 g/mol. The third-order valence-corrected chi connectivity index (χ3v) is 1.22. The first-order chi connectivity index (χ1) is 3.34. The molecule has 0 heterocycles. The van der Waals surface area contributed by atoms with Crippen LogP contribution >= 0.6 is 0 Å². The van der Waals surface area contributed by atoms with Gasteiger partial charge in [0, 0.05) is 12.3 Å². The van der Waals surface area contributed by atoms with E-state index in [4.69, 9.17) is 0 Å². The second-order valence-corrected chi connectivity index (χ2v) is 1.88. The van der Waals surface area contributed by atoms with Gasteiger partial charge in [0.05, 0.1) is 0 Å². The summed E-state index contributed by atoms with van der Waals surface area (Å²) in [4.78, 5) is 10.5. The van der Waals surface area contributed by atoms with E-state index in [-0.39, 0.29) is 0 Å². The molecule has 0 spiro atoms. The summed E-state index contributed by atoms with van der Waals surface area (Å²) >= 11 is 0. The molecule has 0 aromatic carbocycles. The van der Waals surface area contributed by atoms with Gasteiger partial charge in [-0.25, -0.2) is 0 Å². The zero-order chi connectivity index (χ0) is 5.28. The van der Waals surface area contributed by atoms with Gasteiger partial charge in [0.25, 0.3) is 0 Å². The van der Waals surface area contributed by atoms with Gasteiger partial charge in [-0.3, -0.25) is 4.79 Å². The first-order valence-electron chi connectivity index (χ1n) is 2.72. The van der Waals surface area contributed by atoms with Gasteiger partial charge in [0.15, 0.2) is 0 Å². The number of ketones is 1. The summed E-state index contributed by atoms with van der Waals surface area (Å²) < 4.78 is 0. The van der Waals surface area contributed by atoms with E-state index in [1.54, 1.807) is 0 Å². The maximum absolute atomic E-state index is 10.5. The number of hydrogen-bond donors (Lipinski definition) is 0. The molecule has 7 heavy (non-hydrogen) atoms. The quantitative estimate of drug-likeness (QED) is 0.508. The summed E-state index contributed by atoms with van der Waals surface area (Å²) in [5.74, 6) is 1.53. The second-order valence-electron chi connectivity index (χ2n) is 1.88. The highest BCUT2D eigenvalue weighted by Crippen LogP contribution is 2.33. The highest BCUT2D eigenvalue weighted by Gasteiger charge is 2.28. The smallest absolute Gasteiger partial charge is 0.139 e. The molecular weight excluding hydrogens is 88.1 g/mol. The number of carbonyl (C=O) groups excluding carboxylic acids is 1. The fraction of sp³-hybridized carbons (Fsp3) is 0.667. The normalized spacial score (nSPS) is 19.6. The third-order valence-electron chi connectivity index (χ3n) is 1.22. The summed E-state index contributed by atoms with van der Waals surface area (Å²) in [5, 5.41) is 0. The highest BCUT2D eigenvalue weighted by molar-refractivity contribution is 5.94. The Hall–Kier alpha value is -0.330. The minimum Gasteiger partial charge on any atom is -0.299 e. The lowest BCUT2D eigenvalue weighted by Crippen LogP contribution is -1.93. The van der Waals surface area contributed by atoms with Crippen LogP contribution in [0.2, 0.25) is 0 Å². The van der Waals surface area contributed by atoms with Crippen molar-refractivity contribution in [1.82, 2.24) is 0 Å². The first kappa shape index (κ1) is 4.82. The molecule has 1 aliphatic rings. The van der Waals surface area contributed by atoms with Crippen LogP contribution in [0.25, 0.3) is 0 Å². The molecule has 0 unspecified atom stereocenters. The lowest BCUT2D eigenvalue weighted by atomic mass is 10.2. The lowest BCUT2D eigenvalue weighted by Gasteiger charge is -1.83. The number of carbonyl (C=O) groups is 1. The van der Waals surface area contributed by atoms with Crippen molar-refractivity contribution >= 4 is 5.78 Å². The van der Waals surface area contributed by atoms with Crippen molar-refractivity contribution in [3.63, 3.8) is 0 Å². The zero-order valence-corrected chi connectivity index (χ0v) is 4.53. The molecule has 1 heteroatoms. The summed E-state index contributed by atoms with van der Waals surface area (Å²) in [7, 11) is 0. The largest absolute Gasteiger partial charge is 0.299 e. The van der Waals surface area contributed by atoms with Crippen molar-refractivity contribution in [3.05, 3.63) is 5.92 Å². The van der Waals surface area contributed by atoms with Crippen molar-refractivity contribution in [2.75, 3.05) is 0 Å². The molecule has 0 bridgehead atoms. The molecule has 1 radical (unpaired) electrons. The highest BCUT2D eigenvalue weighted by atomic mass is 16.1. The van der Waals surface area contributed by atoms with Crippen molar-refractivity contribution < 1.29 is 4.79 Å². The molecule has 1 rings (SSSR count). The number of Topliss-reactive ketones (excluding diaryl/α,β-unsaturated/α-hetero) is 1. The Morgan fingerprint density at radius 2 is 2.29 bits per heavy atom. The molecule has 0 atom stereocenters. The molecule has 0 aromatic heterocycles. The minimum absolute atomic E-state index is 0.375. The molecule has 0 amide bonds. The van der Waals surface area contributed by atoms with Gasteiger partial charge < -0.3 is 0 Å². The maximum Gasteiger partial charge on any atom is 0.139 e. The van der Waals surface area contributed by atoms with Gasteiger partial charge in [0.2, 0.25) is 0 Å². The Labute approximate surface area is 43.7 Å².